The van der Waals surface area contributed by atoms with Crippen molar-refractivity contribution in [2.45, 2.75) is 77.4 Å². The molecule has 1 aromatic rings. The lowest BCUT2D eigenvalue weighted by atomic mass is 9.98. The average Bonchev–Trinajstić information content (AvgIpc) is 3.27. The second kappa shape index (κ2) is 13.4. The van der Waals surface area contributed by atoms with Gasteiger partial charge in [0.1, 0.15) is 6.04 Å². The maximum absolute atomic E-state index is 12.4. The number of benzene rings is 1. The Morgan fingerprint density at radius 3 is 2.53 bits per heavy atom. The second-order valence-corrected chi connectivity index (χ2v) is 7.99. The Hall–Kier alpha value is -1.92. The van der Waals surface area contributed by atoms with E-state index in [1.807, 2.05) is 24.3 Å². The third-order valence-electron chi connectivity index (χ3n) is 5.70. The molecule has 0 saturated heterocycles. The van der Waals surface area contributed by atoms with Crippen LogP contribution in [0.25, 0.3) is 0 Å². The first-order chi connectivity index (χ1) is 14.5. The summed E-state index contributed by atoms with van der Waals surface area (Å²) >= 11 is 0. The Bertz CT molecular complexity index is 657. The molecule has 0 aromatic heterocycles. The highest BCUT2D eigenvalue weighted by Crippen LogP contribution is 2.28. The van der Waals surface area contributed by atoms with Crippen LogP contribution in [-0.4, -0.2) is 48.9 Å². The molecule has 6 nitrogen and oxygen atoms in total. The molecule has 2 rings (SSSR count). The molecule has 1 aliphatic rings. The van der Waals surface area contributed by atoms with Crippen LogP contribution in [0.3, 0.4) is 0 Å². The molecule has 2 atom stereocenters. The Balaban J connectivity index is 1.90. The Morgan fingerprint density at radius 1 is 1.13 bits per heavy atom. The molecule has 1 fully saturated rings. The summed E-state index contributed by atoms with van der Waals surface area (Å²) in [5.41, 5.74) is 2.05. The maximum Gasteiger partial charge on any atom is 0.323 e. The van der Waals surface area contributed by atoms with Gasteiger partial charge in [0.05, 0.1) is 19.3 Å². The van der Waals surface area contributed by atoms with E-state index in [0.717, 1.165) is 24.0 Å². The number of hydrogen-bond donors (Lipinski definition) is 2. The van der Waals surface area contributed by atoms with Crippen LogP contribution in [0.2, 0.25) is 0 Å². The van der Waals surface area contributed by atoms with E-state index in [2.05, 4.69) is 5.32 Å². The van der Waals surface area contributed by atoms with Gasteiger partial charge >= 0.3 is 11.9 Å². The molecule has 0 amide bonds. The number of hydrogen-bond acceptors (Lipinski definition) is 6. The van der Waals surface area contributed by atoms with Crippen LogP contribution in [0.1, 0.15) is 63.5 Å². The maximum atomic E-state index is 12.4. The summed E-state index contributed by atoms with van der Waals surface area (Å²) in [5.74, 6) is -0.0801. The number of carbonyl (C=O) groups excluding carboxylic acids is 2. The molecule has 30 heavy (non-hydrogen) atoms. The summed E-state index contributed by atoms with van der Waals surface area (Å²) in [5, 5.41) is 13.7. The molecule has 168 valence electrons. The first kappa shape index (κ1) is 24.4. The van der Waals surface area contributed by atoms with Gasteiger partial charge in [-0.1, -0.05) is 37.1 Å². The zero-order chi connectivity index (χ0) is 21.8. The van der Waals surface area contributed by atoms with Crippen molar-refractivity contribution < 1.29 is 24.2 Å². The van der Waals surface area contributed by atoms with E-state index in [-0.39, 0.29) is 18.0 Å². The summed E-state index contributed by atoms with van der Waals surface area (Å²) in [6.07, 6.45) is 6.39. The molecule has 0 aliphatic heterocycles. The van der Waals surface area contributed by atoms with Crippen molar-refractivity contribution in [3.8, 4) is 0 Å². The Morgan fingerprint density at radius 2 is 1.83 bits per heavy atom. The van der Waals surface area contributed by atoms with E-state index < -0.39 is 6.04 Å². The minimum absolute atomic E-state index is 0.199. The van der Waals surface area contributed by atoms with Crippen LogP contribution >= 0.6 is 0 Å². The van der Waals surface area contributed by atoms with Gasteiger partial charge in [-0.05, 0) is 69.5 Å². The van der Waals surface area contributed by atoms with Crippen molar-refractivity contribution in [3.63, 3.8) is 0 Å². The van der Waals surface area contributed by atoms with Gasteiger partial charge in [0.15, 0.2) is 0 Å². The highest BCUT2D eigenvalue weighted by molar-refractivity contribution is 5.76. The SMILES string of the molecule is CCOC(=O)CCc1cccc(CC(NCCC(O)C2CCCC2)C(=O)OCC)c1. The highest BCUT2D eigenvalue weighted by Gasteiger charge is 2.24. The fraction of sp³-hybridized carbons (Fsp3) is 0.667. The molecule has 0 heterocycles. The number of aryl methyl sites for hydroxylation is 1. The zero-order valence-corrected chi connectivity index (χ0v) is 18.4. The van der Waals surface area contributed by atoms with Crippen molar-refractivity contribution in [1.82, 2.24) is 5.32 Å². The summed E-state index contributed by atoms with van der Waals surface area (Å²) in [6.45, 7) is 4.90. The van der Waals surface area contributed by atoms with Gasteiger partial charge in [-0.25, -0.2) is 0 Å². The minimum atomic E-state index is -0.457. The van der Waals surface area contributed by atoms with Gasteiger partial charge in [-0.15, -0.1) is 0 Å². The molecule has 6 heteroatoms. The third kappa shape index (κ3) is 8.44. The molecule has 1 saturated carbocycles. The third-order valence-corrected chi connectivity index (χ3v) is 5.70. The molecule has 2 unspecified atom stereocenters. The Kier molecular flexibility index (Phi) is 10.9. The van der Waals surface area contributed by atoms with Gasteiger partial charge in [0.2, 0.25) is 0 Å². The first-order valence-corrected chi connectivity index (χ1v) is 11.3. The van der Waals surface area contributed by atoms with E-state index in [0.29, 0.717) is 51.4 Å². The van der Waals surface area contributed by atoms with E-state index in [1.165, 1.54) is 12.8 Å². The molecular formula is C24H37NO5. The van der Waals surface area contributed by atoms with Crippen molar-refractivity contribution in [3.05, 3.63) is 35.4 Å². The van der Waals surface area contributed by atoms with Crippen molar-refractivity contribution in [2.24, 2.45) is 5.92 Å². The van der Waals surface area contributed by atoms with Crippen LogP contribution in [-0.2, 0) is 31.9 Å². The molecule has 0 bridgehead atoms. The van der Waals surface area contributed by atoms with Gasteiger partial charge in [-0.2, -0.15) is 0 Å². The second-order valence-electron chi connectivity index (χ2n) is 7.99. The van der Waals surface area contributed by atoms with Crippen LogP contribution in [0.5, 0.6) is 0 Å². The fourth-order valence-electron chi connectivity index (χ4n) is 4.09. The van der Waals surface area contributed by atoms with E-state index in [1.54, 1.807) is 13.8 Å². The molecule has 1 aromatic carbocycles. The van der Waals surface area contributed by atoms with Crippen molar-refractivity contribution in [2.75, 3.05) is 19.8 Å². The standard InChI is InChI=1S/C24H37NO5/c1-3-29-23(27)13-12-18-8-7-9-19(16-18)17-21(24(28)30-4-2)25-15-14-22(26)20-10-5-6-11-20/h7-9,16,20-22,25-26H,3-6,10-15,17H2,1-2H3. The van der Waals surface area contributed by atoms with Crippen LogP contribution in [0.4, 0.5) is 0 Å². The largest absolute Gasteiger partial charge is 0.466 e. The number of ether oxygens (including phenoxy) is 2. The molecule has 1 aliphatic carbocycles. The number of aliphatic hydroxyl groups excluding tert-OH is 1. The van der Waals surface area contributed by atoms with Crippen LogP contribution in [0, 0.1) is 5.92 Å². The summed E-state index contributed by atoms with van der Waals surface area (Å²) in [6, 6.07) is 7.48. The predicted molar refractivity (Wildman–Crippen MR) is 116 cm³/mol. The number of aliphatic hydroxyl groups is 1. The molecule has 0 radical (unpaired) electrons. The highest BCUT2D eigenvalue weighted by atomic mass is 16.5. The lowest BCUT2D eigenvalue weighted by Crippen LogP contribution is -2.41. The summed E-state index contributed by atoms with van der Waals surface area (Å²) in [4.78, 5) is 24.0. The van der Waals surface area contributed by atoms with E-state index in [9.17, 15) is 14.7 Å². The minimum Gasteiger partial charge on any atom is -0.466 e. The normalized spacial score (nSPS) is 16.2. The van der Waals surface area contributed by atoms with Gasteiger partial charge in [-0.3, -0.25) is 9.59 Å². The van der Waals surface area contributed by atoms with Gasteiger partial charge in [0.25, 0.3) is 0 Å². The number of nitrogens with one attached hydrogen (secondary N) is 1. The molecule has 2 N–H and O–H groups in total. The fourth-order valence-corrected chi connectivity index (χ4v) is 4.09. The number of carbonyl (C=O) groups is 2. The smallest absolute Gasteiger partial charge is 0.323 e. The van der Waals surface area contributed by atoms with Gasteiger partial charge < -0.3 is 19.9 Å². The average molecular weight is 420 g/mol. The predicted octanol–water partition coefficient (Wildman–Crippen LogP) is 3.19. The molecular weight excluding hydrogens is 382 g/mol. The number of esters is 2. The van der Waals surface area contributed by atoms with E-state index >= 15 is 0 Å². The summed E-state index contributed by atoms with van der Waals surface area (Å²) in [7, 11) is 0. The lowest BCUT2D eigenvalue weighted by molar-refractivity contribution is -0.145. The quantitative estimate of drug-likeness (QED) is 0.478. The molecule has 0 spiro atoms. The number of rotatable bonds is 13. The van der Waals surface area contributed by atoms with Crippen LogP contribution < -0.4 is 5.32 Å². The Labute approximate surface area is 180 Å². The lowest BCUT2D eigenvalue weighted by Gasteiger charge is -2.21. The summed E-state index contributed by atoms with van der Waals surface area (Å²) < 4.78 is 10.2. The monoisotopic (exact) mass is 419 g/mol. The zero-order valence-electron chi connectivity index (χ0n) is 18.4. The van der Waals surface area contributed by atoms with Crippen molar-refractivity contribution >= 4 is 11.9 Å². The van der Waals surface area contributed by atoms with Crippen molar-refractivity contribution in [1.29, 1.82) is 0 Å². The van der Waals surface area contributed by atoms with Gasteiger partial charge in [0, 0.05) is 6.42 Å². The van der Waals surface area contributed by atoms with Crippen LogP contribution in [0.15, 0.2) is 24.3 Å². The first-order valence-electron chi connectivity index (χ1n) is 11.3. The van der Waals surface area contributed by atoms with E-state index in [4.69, 9.17) is 9.47 Å². The topological polar surface area (TPSA) is 84.9 Å².